The van der Waals surface area contributed by atoms with Crippen molar-refractivity contribution in [2.45, 2.75) is 18.9 Å². The third-order valence-electron chi connectivity index (χ3n) is 1.66. The molecule has 1 aliphatic carbocycles. The van der Waals surface area contributed by atoms with Crippen LogP contribution < -0.4 is 11.1 Å². The summed E-state index contributed by atoms with van der Waals surface area (Å²) in [6.45, 7) is 0. The predicted molar refractivity (Wildman–Crippen MR) is 44.8 cm³/mol. The predicted octanol–water partition coefficient (Wildman–Crippen LogP) is 0.339. The van der Waals surface area contributed by atoms with E-state index in [0.29, 0.717) is 11.9 Å². The van der Waals surface area contributed by atoms with Crippen LogP contribution in [0.5, 0.6) is 5.88 Å². The van der Waals surface area contributed by atoms with Gasteiger partial charge in [-0.3, -0.25) is 0 Å². The minimum absolute atomic E-state index is 0.0920. The molecule has 64 valence electrons. The van der Waals surface area contributed by atoms with Gasteiger partial charge in [-0.25, -0.2) is 0 Å². The van der Waals surface area contributed by atoms with Crippen LogP contribution in [0.4, 0.5) is 11.8 Å². The number of hydrogen-bond acceptors (Lipinski definition) is 5. The molecule has 1 aliphatic rings. The first kappa shape index (κ1) is 7.15. The molecule has 0 aromatic carbocycles. The van der Waals surface area contributed by atoms with Crippen LogP contribution >= 0.6 is 0 Å². The van der Waals surface area contributed by atoms with Gasteiger partial charge in [-0.05, 0) is 12.8 Å². The summed E-state index contributed by atoms with van der Waals surface area (Å²) in [5.74, 6) is 0.603. The molecule has 4 N–H and O–H groups in total. The Labute approximate surface area is 69.6 Å². The molecule has 0 unspecified atom stereocenters. The maximum absolute atomic E-state index is 9.06. The van der Waals surface area contributed by atoms with E-state index >= 15 is 0 Å². The molecule has 5 nitrogen and oxygen atoms in total. The Morgan fingerprint density at radius 1 is 1.50 bits per heavy atom. The lowest BCUT2D eigenvalue weighted by atomic mass is 10.5. The van der Waals surface area contributed by atoms with Gasteiger partial charge in [0.25, 0.3) is 0 Å². The van der Waals surface area contributed by atoms with E-state index in [1.165, 1.54) is 6.07 Å². The number of nitrogens with zero attached hydrogens (tertiary/aromatic N) is 2. The highest BCUT2D eigenvalue weighted by molar-refractivity contribution is 5.43. The third-order valence-corrected chi connectivity index (χ3v) is 1.66. The fourth-order valence-corrected chi connectivity index (χ4v) is 0.963. The van der Waals surface area contributed by atoms with Crippen molar-refractivity contribution in [3.05, 3.63) is 6.07 Å². The van der Waals surface area contributed by atoms with Crippen molar-refractivity contribution in [1.29, 1.82) is 0 Å². The van der Waals surface area contributed by atoms with Crippen LogP contribution in [0.25, 0.3) is 0 Å². The molecule has 1 saturated carbocycles. The standard InChI is InChI=1S/C7H10N4O/c8-7-10-5(3-6(12)11-7)9-4-1-2-4/h3-4H,1-2H2,(H4,8,9,10,11,12). The lowest BCUT2D eigenvalue weighted by molar-refractivity contribution is 0.453. The minimum Gasteiger partial charge on any atom is -0.493 e. The monoisotopic (exact) mass is 166 g/mol. The zero-order valence-electron chi connectivity index (χ0n) is 6.49. The molecule has 0 radical (unpaired) electrons. The van der Waals surface area contributed by atoms with E-state index in [2.05, 4.69) is 15.3 Å². The van der Waals surface area contributed by atoms with Crippen molar-refractivity contribution in [1.82, 2.24) is 9.97 Å². The number of aromatic hydroxyl groups is 1. The van der Waals surface area contributed by atoms with Gasteiger partial charge in [0.05, 0.1) is 0 Å². The van der Waals surface area contributed by atoms with Crippen LogP contribution in [0, 0.1) is 0 Å². The highest BCUT2D eigenvalue weighted by atomic mass is 16.3. The maximum atomic E-state index is 9.06. The van der Waals surface area contributed by atoms with Crippen LogP contribution in [0.1, 0.15) is 12.8 Å². The lowest BCUT2D eigenvalue weighted by Crippen LogP contribution is -2.05. The molecule has 0 aliphatic heterocycles. The Balaban J connectivity index is 2.18. The first-order chi connectivity index (χ1) is 5.74. The van der Waals surface area contributed by atoms with Crippen LogP contribution in [0.15, 0.2) is 6.07 Å². The molecule has 1 aromatic rings. The van der Waals surface area contributed by atoms with Gasteiger partial charge in [-0.15, -0.1) is 0 Å². The number of hydrogen-bond donors (Lipinski definition) is 3. The van der Waals surface area contributed by atoms with Gasteiger partial charge < -0.3 is 16.2 Å². The fraction of sp³-hybridized carbons (Fsp3) is 0.429. The summed E-state index contributed by atoms with van der Waals surface area (Å²) in [5, 5.41) is 12.2. The molecular formula is C7H10N4O. The number of nitrogens with two attached hydrogens (primary N) is 1. The Hall–Kier alpha value is -1.52. The zero-order chi connectivity index (χ0) is 8.55. The van der Waals surface area contributed by atoms with Gasteiger partial charge in [0.1, 0.15) is 5.82 Å². The van der Waals surface area contributed by atoms with Crippen molar-refractivity contribution < 1.29 is 5.11 Å². The van der Waals surface area contributed by atoms with Crippen molar-refractivity contribution >= 4 is 11.8 Å². The molecule has 0 atom stereocenters. The number of rotatable bonds is 2. The average Bonchev–Trinajstić information content (AvgIpc) is 2.68. The van der Waals surface area contributed by atoms with E-state index in [1.54, 1.807) is 0 Å². The normalized spacial score (nSPS) is 16.0. The number of nitrogens with one attached hydrogen (secondary N) is 1. The second-order valence-electron chi connectivity index (χ2n) is 2.89. The molecule has 0 amide bonds. The summed E-state index contributed by atoms with van der Waals surface area (Å²) >= 11 is 0. The molecule has 5 heteroatoms. The number of nitrogen functional groups attached to an aromatic ring is 1. The highest BCUT2D eigenvalue weighted by Gasteiger charge is 2.21. The van der Waals surface area contributed by atoms with E-state index in [1.807, 2.05) is 0 Å². The highest BCUT2D eigenvalue weighted by Crippen LogP contribution is 2.24. The Morgan fingerprint density at radius 2 is 2.25 bits per heavy atom. The SMILES string of the molecule is Nc1nc(O)cc(NC2CC2)n1. The van der Waals surface area contributed by atoms with Gasteiger partial charge in [-0.2, -0.15) is 9.97 Å². The molecule has 1 heterocycles. The first-order valence-electron chi connectivity index (χ1n) is 3.84. The van der Waals surface area contributed by atoms with E-state index < -0.39 is 0 Å². The summed E-state index contributed by atoms with van der Waals surface area (Å²) in [6.07, 6.45) is 2.31. The minimum atomic E-state index is -0.0920. The van der Waals surface area contributed by atoms with Crippen LogP contribution in [0.3, 0.4) is 0 Å². The lowest BCUT2D eigenvalue weighted by Gasteiger charge is -2.03. The molecule has 0 bridgehead atoms. The molecule has 1 aromatic heterocycles. The molecule has 2 rings (SSSR count). The fourth-order valence-electron chi connectivity index (χ4n) is 0.963. The summed E-state index contributed by atoms with van der Waals surface area (Å²) in [4.78, 5) is 7.45. The van der Waals surface area contributed by atoms with Crippen molar-refractivity contribution in [2.24, 2.45) is 0 Å². The summed E-state index contributed by atoms with van der Waals surface area (Å²) in [7, 11) is 0. The molecule has 0 saturated heterocycles. The van der Waals surface area contributed by atoms with Crippen LogP contribution in [-0.2, 0) is 0 Å². The van der Waals surface area contributed by atoms with Crippen molar-refractivity contribution in [2.75, 3.05) is 11.1 Å². The zero-order valence-corrected chi connectivity index (χ0v) is 6.49. The third kappa shape index (κ3) is 1.55. The summed E-state index contributed by atoms with van der Waals surface area (Å²) in [6, 6.07) is 1.97. The van der Waals surface area contributed by atoms with Gasteiger partial charge in [0.15, 0.2) is 0 Å². The Morgan fingerprint density at radius 3 is 2.83 bits per heavy atom. The number of anilines is 2. The number of aromatic nitrogens is 2. The summed E-state index contributed by atoms with van der Waals surface area (Å²) in [5.41, 5.74) is 5.33. The van der Waals surface area contributed by atoms with Crippen LogP contribution in [0.2, 0.25) is 0 Å². The van der Waals surface area contributed by atoms with E-state index in [9.17, 15) is 0 Å². The molecule has 0 spiro atoms. The first-order valence-corrected chi connectivity index (χ1v) is 3.84. The smallest absolute Gasteiger partial charge is 0.225 e. The Kier molecular flexibility index (Phi) is 1.49. The van der Waals surface area contributed by atoms with Gasteiger partial charge in [-0.1, -0.05) is 0 Å². The second kappa shape index (κ2) is 2.51. The van der Waals surface area contributed by atoms with E-state index in [0.717, 1.165) is 12.8 Å². The van der Waals surface area contributed by atoms with Crippen molar-refractivity contribution in [3.63, 3.8) is 0 Å². The summed E-state index contributed by atoms with van der Waals surface area (Å²) < 4.78 is 0. The second-order valence-corrected chi connectivity index (χ2v) is 2.89. The largest absolute Gasteiger partial charge is 0.493 e. The van der Waals surface area contributed by atoms with Gasteiger partial charge >= 0.3 is 0 Å². The molecular weight excluding hydrogens is 156 g/mol. The van der Waals surface area contributed by atoms with Crippen molar-refractivity contribution in [3.8, 4) is 5.88 Å². The molecule has 1 fully saturated rings. The van der Waals surface area contributed by atoms with Crippen LogP contribution in [-0.4, -0.2) is 21.1 Å². The maximum Gasteiger partial charge on any atom is 0.225 e. The van der Waals surface area contributed by atoms with Gasteiger partial charge in [0.2, 0.25) is 11.8 Å². The topological polar surface area (TPSA) is 84.1 Å². The average molecular weight is 166 g/mol. The molecule has 12 heavy (non-hydrogen) atoms. The van der Waals surface area contributed by atoms with Gasteiger partial charge in [0, 0.05) is 12.1 Å². The Bertz CT molecular complexity index is 277. The van der Waals surface area contributed by atoms with E-state index in [-0.39, 0.29) is 11.8 Å². The van der Waals surface area contributed by atoms with E-state index in [4.69, 9.17) is 10.8 Å². The quantitative estimate of drug-likeness (QED) is 0.590.